The first-order valence-electron chi connectivity index (χ1n) is 5.41. The lowest BCUT2D eigenvalue weighted by atomic mass is 9.99. The molecule has 0 aromatic carbocycles. The van der Waals surface area contributed by atoms with Crippen molar-refractivity contribution in [1.82, 2.24) is 5.32 Å². The monoisotopic (exact) mass is 199 g/mol. The SMILES string of the molecule is C=C(C)C(NCOCC(C)C)C(C)C. The first kappa shape index (κ1) is 13.7. The van der Waals surface area contributed by atoms with E-state index in [2.05, 4.69) is 46.5 Å². The van der Waals surface area contributed by atoms with E-state index in [1.165, 1.54) is 5.57 Å². The van der Waals surface area contributed by atoms with E-state index < -0.39 is 0 Å². The van der Waals surface area contributed by atoms with Crippen LogP contribution in [0.5, 0.6) is 0 Å². The van der Waals surface area contributed by atoms with Gasteiger partial charge >= 0.3 is 0 Å². The van der Waals surface area contributed by atoms with E-state index in [0.717, 1.165) is 6.61 Å². The molecule has 0 saturated carbocycles. The Bertz CT molecular complexity index is 164. The van der Waals surface area contributed by atoms with Crippen molar-refractivity contribution in [2.75, 3.05) is 13.3 Å². The maximum atomic E-state index is 5.47. The molecule has 2 heteroatoms. The number of rotatable bonds is 7. The molecule has 0 bridgehead atoms. The molecule has 1 atom stereocenters. The summed E-state index contributed by atoms with van der Waals surface area (Å²) in [4.78, 5) is 0. The molecule has 0 amide bonds. The Morgan fingerprint density at radius 1 is 1.29 bits per heavy atom. The first-order valence-corrected chi connectivity index (χ1v) is 5.41. The van der Waals surface area contributed by atoms with Gasteiger partial charge in [0.05, 0.1) is 13.3 Å². The van der Waals surface area contributed by atoms with E-state index in [0.29, 0.717) is 24.6 Å². The fourth-order valence-electron chi connectivity index (χ4n) is 1.42. The number of ether oxygens (including phenoxy) is 1. The van der Waals surface area contributed by atoms with Gasteiger partial charge in [0.1, 0.15) is 0 Å². The topological polar surface area (TPSA) is 21.3 Å². The van der Waals surface area contributed by atoms with E-state index in [-0.39, 0.29) is 0 Å². The molecule has 0 saturated heterocycles. The molecule has 1 N–H and O–H groups in total. The minimum atomic E-state index is 0.363. The van der Waals surface area contributed by atoms with Crippen LogP contribution in [-0.2, 0) is 4.74 Å². The van der Waals surface area contributed by atoms with Crippen LogP contribution < -0.4 is 5.32 Å². The van der Waals surface area contributed by atoms with Crippen LogP contribution in [0, 0.1) is 11.8 Å². The smallest absolute Gasteiger partial charge is 0.0970 e. The largest absolute Gasteiger partial charge is 0.366 e. The van der Waals surface area contributed by atoms with Crippen LogP contribution in [-0.4, -0.2) is 19.4 Å². The lowest BCUT2D eigenvalue weighted by Gasteiger charge is -2.22. The summed E-state index contributed by atoms with van der Waals surface area (Å²) in [6, 6.07) is 0.363. The summed E-state index contributed by atoms with van der Waals surface area (Å²) in [7, 11) is 0. The summed E-state index contributed by atoms with van der Waals surface area (Å²) >= 11 is 0. The van der Waals surface area contributed by atoms with Gasteiger partial charge in [0, 0.05) is 6.04 Å². The first-order chi connectivity index (χ1) is 6.45. The molecule has 0 heterocycles. The summed E-state index contributed by atoms with van der Waals surface area (Å²) in [6.07, 6.45) is 0. The molecule has 2 nitrogen and oxygen atoms in total. The van der Waals surface area contributed by atoms with Gasteiger partial charge < -0.3 is 4.74 Å². The Labute approximate surface area is 88.7 Å². The van der Waals surface area contributed by atoms with E-state index in [9.17, 15) is 0 Å². The molecule has 0 aromatic heterocycles. The average molecular weight is 199 g/mol. The molecule has 0 aromatic rings. The predicted molar refractivity (Wildman–Crippen MR) is 62.2 cm³/mol. The van der Waals surface area contributed by atoms with Crippen molar-refractivity contribution in [3.05, 3.63) is 12.2 Å². The van der Waals surface area contributed by atoms with Crippen molar-refractivity contribution in [3.63, 3.8) is 0 Å². The molecule has 0 aliphatic rings. The zero-order chi connectivity index (χ0) is 11.1. The van der Waals surface area contributed by atoms with Crippen molar-refractivity contribution >= 4 is 0 Å². The van der Waals surface area contributed by atoms with Crippen LogP contribution in [0.25, 0.3) is 0 Å². The third-order valence-electron chi connectivity index (χ3n) is 2.05. The minimum absolute atomic E-state index is 0.363. The Hall–Kier alpha value is -0.340. The summed E-state index contributed by atoms with van der Waals surface area (Å²) in [5, 5.41) is 3.35. The van der Waals surface area contributed by atoms with Crippen LogP contribution in [0.3, 0.4) is 0 Å². The van der Waals surface area contributed by atoms with Gasteiger partial charge in [-0.3, -0.25) is 5.32 Å². The zero-order valence-electron chi connectivity index (χ0n) is 10.3. The van der Waals surface area contributed by atoms with Gasteiger partial charge in [-0.2, -0.15) is 0 Å². The van der Waals surface area contributed by atoms with Gasteiger partial charge in [0.25, 0.3) is 0 Å². The molecule has 0 fully saturated rings. The zero-order valence-corrected chi connectivity index (χ0v) is 10.3. The van der Waals surface area contributed by atoms with Crippen LogP contribution in [0.2, 0.25) is 0 Å². The van der Waals surface area contributed by atoms with Crippen LogP contribution in [0.1, 0.15) is 34.6 Å². The lowest BCUT2D eigenvalue weighted by Crippen LogP contribution is -2.36. The van der Waals surface area contributed by atoms with Crippen LogP contribution in [0.4, 0.5) is 0 Å². The van der Waals surface area contributed by atoms with Crippen molar-refractivity contribution in [1.29, 1.82) is 0 Å². The number of nitrogens with one attached hydrogen (secondary N) is 1. The molecule has 0 rings (SSSR count). The summed E-state index contributed by atoms with van der Waals surface area (Å²) in [5.74, 6) is 1.16. The highest BCUT2D eigenvalue weighted by molar-refractivity contribution is 5.02. The van der Waals surface area contributed by atoms with Gasteiger partial charge in [-0.1, -0.05) is 39.8 Å². The molecule has 84 valence electrons. The third kappa shape index (κ3) is 6.17. The number of hydrogen-bond donors (Lipinski definition) is 1. The van der Waals surface area contributed by atoms with E-state index in [4.69, 9.17) is 4.74 Å². The van der Waals surface area contributed by atoms with Crippen molar-refractivity contribution < 1.29 is 4.74 Å². The second kappa shape index (κ2) is 7.02. The molecule has 0 radical (unpaired) electrons. The molecule has 0 aliphatic heterocycles. The van der Waals surface area contributed by atoms with Crippen LogP contribution >= 0.6 is 0 Å². The Balaban J connectivity index is 3.67. The van der Waals surface area contributed by atoms with Gasteiger partial charge in [0.2, 0.25) is 0 Å². The van der Waals surface area contributed by atoms with E-state index in [1.807, 2.05) is 0 Å². The summed E-state index contributed by atoms with van der Waals surface area (Å²) in [5.41, 5.74) is 1.17. The summed E-state index contributed by atoms with van der Waals surface area (Å²) < 4.78 is 5.47. The molecular formula is C12H25NO. The van der Waals surface area contributed by atoms with Crippen LogP contribution in [0.15, 0.2) is 12.2 Å². The third-order valence-corrected chi connectivity index (χ3v) is 2.05. The second-order valence-corrected chi connectivity index (χ2v) is 4.68. The van der Waals surface area contributed by atoms with Gasteiger partial charge in [-0.05, 0) is 18.8 Å². The quantitative estimate of drug-likeness (QED) is 0.387. The van der Waals surface area contributed by atoms with Crippen molar-refractivity contribution in [2.24, 2.45) is 11.8 Å². The molecule has 0 aliphatic carbocycles. The van der Waals surface area contributed by atoms with Crippen molar-refractivity contribution in [3.8, 4) is 0 Å². The predicted octanol–water partition coefficient (Wildman–Crippen LogP) is 2.81. The van der Waals surface area contributed by atoms with E-state index in [1.54, 1.807) is 0 Å². The lowest BCUT2D eigenvalue weighted by molar-refractivity contribution is 0.0860. The van der Waals surface area contributed by atoms with Gasteiger partial charge in [-0.15, -0.1) is 0 Å². The highest BCUT2D eigenvalue weighted by Crippen LogP contribution is 2.09. The minimum Gasteiger partial charge on any atom is -0.366 e. The van der Waals surface area contributed by atoms with Gasteiger partial charge in [-0.25, -0.2) is 0 Å². The maximum absolute atomic E-state index is 5.47. The molecule has 1 unspecified atom stereocenters. The summed E-state index contributed by atoms with van der Waals surface area (Å²) in [6.45, 7) is 16.1. The number of hydrogen-bond acceptors (Lipinski definition) is 2. The van der Waals surface area contributed by atoms with Gasteiger partial charge in [0.15, 0.2) is 0 Å². The van der Waals surface area contributed by atoms with Crippen molar-refractivity contribution in [2.45, 2.75) is 40.7 Å². The highest BCUT2D eigenvalue weighted by atomic mass is 16.5. The standard InChI is InChI=1S/C12H25NO/c1-9(2)7-14-8-13-12(10(3)4)11(5)6/h9,11-13H,3,7-8H2,1-2,4-6H3. The average Bonchev–Trinajstić information content (AvgIpc) is 2.01. The Kier molecular flexibility index (Phi) is 6.85. The highest BCUT2D eigenvalue weighted by Gasteiger charge is 2.12. The van der Waals surface area contributed by atoms with E-state index >= 15 is 0 Å². The second-order valence-electron chi connectivity index (χ2n) is 4.68. The molecule has 0 spiro atoms. The Morgan fingerprint density at radius 2 is 1.86 bits per heavy atom. The fourth-order valence-corrected chi connectivity index (χ4v) is 1.42. The molecular weight excluding hydrogens is 174 g/mol. The Morgan fingerprint density at radius 3 is 2.21 bits per heavy atom. The maximum Gasteiger partial charge on any atom is 0.0970 e. The normalized spacial score (nSPS) is 13.6. The molecule has 14 heavy (non-hydrogen) atoms. The fraction of sp³-hybridized carbons (Fsp3) is 0.833.